The number of carbonyl (C=O) groups excluding carboxylic acids is 2. The van der Waals surface area contributed by atoms with Gasteiger partial charge in [-0.05, 0) is 44.4 Å². The number of carbonyl (C=O) groups is 2. The first-order chi connectivity index (χ1) is 11.0. The Morgan fingerprint density at radius 1 is 1.48 bits per heavy atom. The highest BCUT2D eigenvalue weighted by molar-refractivity contribution is 6.30. The summed E-state index contributed by atoms with van der Waals surface area (Å²) in [4.78, 5) is 26.7. The maximum absolute atomic E-state index is 12.6. The maximum atomic E-state index is 12.6. The van der Waals surface area contributed by atoms with Crippen molar-refractivity contribution in [2.24, 2.45) is 5.92 Å². The lowest BCUT2D eigenvalue weighted by atomic mass is 10.0. The number of rotatable bonds is 5. The minimum absolute atomic E-state index is 0.0318. The Kier molecular flexibility index (Phi) is 6.46. The van der Waals surface area contributed by atoms with Gasteiger partial charge in [-0.1, -0.05) is 31.0 Å². The number of nitrogens with zero attached hydrogens (tertiary/aromatic N) is 1. The van der Waals surface area contributed by atoms with Gasteiger partial charge in [0.1, 0.15) is 0 Å². The standard InChI is InChI=1S/C18H25ClN2O2/c1-3-6-13(2)21-12-14(7-4-10-17(21)22)18(23)20-16-9-5-8-15(19)11-16/h5,8-9,11,13-14H,3-4,6-7,10,12H2,1-2H3,(H,20,23)/t13?,14-/m1/s1. The van der Waals surface area contributed by atoms with Crippen molar-refractivity contribution in [1.29, 1.82) is 0 Å². The highest BCUT2D eigenvalue weighted by Crippen LogP contribution is 2.23. The van der Waals surface area contributed by atoms with Crippen molar-refractivity contribution in [2.45, 2.75) is 52.0 Å². The quantitative estimate of drug-likeness (QED) is 0.880. The summed E-state index contributed by atoms with van der Waals surface area (Å²) < 4.78 is 0. The van der Waals surface area contributed by atoms with E-state index in [1.165, 1.54) is 0 Å². The Morgan fingerprint density at radius 2 is 2.26 bits per heavy atom. The normalized spacial score (nSPS) is 20.0. The molecule has 5 heteroatoms. The van der Waals surface area contributed by atoms with Crippen LogP contribution in [0.2, 0.25) is 5.02 Å². The van der Waals surface area contributed by atoms with Crippen molar-refractivity contribution >= 4 is 29.1 Å². The second-order valence-corrected chi connectivity index (χ2v) is 6.71. The molecule has 1 aliphatic heterocycles. The maximum Gasteiger partial charge on any atom is 0.229 e. The van der Waals surface area contributed by atoms with Gasteiger partial charge in [-0.15, -0.1) is 0 Å². The van der Waals surface area contributed by atoms with Gasteiger partial charge in [-0.3, -0.25) is 9.59 Å². The predicted molar refractivity (Wildman–Crippen MR) is 93.5 cm³/mol. The molecule has 0 aliphatic carbocycles. The van der Waals surface area contributed by atoms with Gasteiger partial charge < -0.3 is 10.2 Å². The second-order valence-electron chi connectivity index (χ2n) is 6.27. The van der Waals surface area contributed by atoms with Crippen LogP contribution in [0.25, 0.3) is 0 Å². The first-order valence-electron chi connectivity index (χ1n) is 8.37. The van der Waals surface area contributed by atoms with Crippen LogP contribution in [-0.4, -0.2) is 29.3 Å². The Labute approximate surface area is 143 Å². The Balaban J connectivity index is 2.05. The van der Waals surface area contributed by atoms with Crippen LogP contribution in [0, 0.1) is 5.92 Å². The minimum atomic E-state index is -0.167. The summed E-state index contributed by atoms with van der Waals surface area (Å²) in [7, 11) is 0. The van der Waals surface area contributed by atoms with Gasteiger partial charge in [0.2, 0.25) is 11.8 Å². The molecule has 1 aliphatic rings. The van der Waals surface area contributed by atoms with Gasteiger partial charge in [-0.2, -0.15) is 0 Å². The molecule has 23 heavy (non-hydrogen) atoms. The molecule has 2 amide bonds. The fourth-order valence-corrected chi connectivity index (χ4v) is 3.29. The monoisotopic (exact) mass is 336 g/mol. The number of nitrogens with one attached hydrogen (secondary N) is 1. The van der Waals surface area contributed by atoms with E-state index in [1.54, 1.807) is 12.1 Å². The molecule has 1 saturated heterocycles. The first kappa shape index (κ1) is 17.8. The molecule has 0 bridgehead atoms. The Morgan fingerprint density at radius 3 is 2.96 bits per heavy atom. The van der Waals surface area contributed by atoms with E-state index < -0.39 is 0 Å². The molecule has 1 N–H and O–H groups in total. The molecule has 0 spiro atoms. The summed E-state index contributed by atoms with van der Waals surface area (Å²) in [5.41, 5.74) is 0.700. The number of amides is 2. The molecular formula is C18H25ClN2O2. The SMILES string of the molecule is CCCC(C)N1C[C@H](C(=O)Nc2cccc(Cl)c2)CCCC1=O. The van der Waals surface area contributed by atoms with Crippen LogP contribution in [0.4, 0.5) is 5.69 Å². The van der Waals surface area contributed by atoms with E-state index in [4.69, 9.17) is 11.6 Å². The topological polar surface area (TPSA) is 49.4 Å². The summed E-state index contributed by atoms with van der Waals surface area (Å²) in [5.74, 6) is -0.0283. The van der Waals surface area contributed by atoms with Crippen LogP contribution >= 0.6 is 11.6 Å². The van der Waals surface area contributed by atoms with Crippen LogP contribution in [-0.2, 0) is 9.59 Å². The molecule has 1 aromatic rings. The Hall–Kier alpha value is -1.55. The van der Waals surface area contributed by atoms with Crippen molar-refractivity contribution in [3.05, 3.63) is 29.3 Å². The third kappa shape index (κ3) is 4.96. The molecule has 1 heterocycles. The number of hydrogen-bond donors (Lipinski definition) is 1. The molecule has 4 nitrogen and oxygen atoms in total. The number of benzene rings is 1. The predicted octanol–water partition coefficient (Wildman–Crippen LogP) is 4.10. The lowest BCUT2D eigenvalue weighted by Gasteiger charge is -2.30. The summed E-state index contributed by atoms with van der Waals surface area (Å²) in [6.07, 6.45) is 4.04. The number of halogens is 1. The first-order valence-corrected chi connectivity index (χ1v) is 8.75. The van der Waals surface area contributed by atoms with Gasteiger partial charge in [-0.25, -0.2) is 0 Å². The molecule has 0 radical (unpaired) electrons. The van der Waals surface area contributed by atoms with E-state index in [-0.39, 0.29) is 23.8 Å². The van der Waals surface area contributed by atoms with E-state index in [2.05, 4.69) is 19.2 Å². The van der Waals surface area contributed by atoms with Crippen LogP contribution in [0.1, 0.15) is 46.0 Å². The summed E-state index contributed by atoms with van der Waals surface area (Å²) in [6, 6.07) is 7.33. The third-order valence-electron chi connectivity index (χ3n) is 4.38. The summed E-state index contributed by atoms with van der Waals surface area (Å²) >= 11 is 5.95. The van der Waals surface area contributed by atoms with Gasteiger partial charge >= 0.3 is 0 Å². The van der Waals surface area contributed by atoms with Gasteiger partial charge in [0.25, 0.3) is 0 Å². The largest absolute Gasteiger partial charge is 0.339 e. The molecule has 1 unspecified atom stereocenters. The molecule has 126 valence electrons. The van der Waals surface area contributed by atoms with Gasteiger partial charge in [0, 0.05) is 29.7 Å². The molecule has 2 atom stereocenters. The number of anilines is 1. The lowest BCUT2D eigenvalue weighted by molar-refractivity contribution is -0.133. The summed E-state index contributed by atoms with van der Waals surface area (Å²) in [5, 5.41) is 3.52. The molecule has 0 saturated carbocycles. The highest BCUT2D eigenvalue weighted by Gasteiger charge is 2.30. The van der Waals surface area contributed by atoms with Crippen molar-refractivity contribution < 1.29 is 9.59 Å². The van der Waals surface area contributed by atoms with Crippen LogP contribution in [0.15, 0.2) is 24.3 Å². The molecule has 1 fully saturated rings. The molecule has 1 aromatic carbocycles. The average Bonchev–Trinajstić information content (AvgIpc) is 2.69. The van der Waals surface area contributed by atoms with E-state index in [1.807, 2.05) is 17.0 Å². The molecule has 0 aromatic heterocycles. The lowest BCUT2D eigenvalue weighted by Crippen LogP contribution is -2.42. The van der Waals surface area contributed by atoms with Crippen molar-refractivity contribution in [1.82, 2.24) is 4.90 Å². The highest BCUT2D eigenvalue weighted by atomic mass is 35.5. The fraction of sp³-hybridized carbons (Fsp3) is 0.556. The van der Waals surface area contributed by atoms with Crippen LogP contribution in [0.3, 0.4) is 0 Å². The smallest absolute Gasteiger partial charge is 0.229 e. The zero-order valence-corrected chi connectivity index (χ0v) is 14.6. The van der Waals surface area contributed by atoms with E-state index in [0.29, 0.717) is 23.7 Å². The van der Waals surface area contributed by atoms with Crippen LogP contribution in [0.5, 0.6) is 0 Å². The van der Waals surface area contributed by atoms with Crippen molar-refractivity contribution in [3.63, 3.8) is 0 Å². The van der Waals surface area contributed by atoms with Gasteiger partial charge in [0.15, 0.2) is 0 Å². The van der Waals surface area contributed by atoms with Gasteiger partial charge in [0.05, 0.1) is 5.92 Å². The second kappa shape index (κ2) is 8.34. The van der Waals surface area contributed by atoms with E-state index in [0.717, 1.165) is 25.7 Å². The van der Waals surface area contributed by atoms with Crippen molar-refractivity contribution in [3.8, 4) is 0 Å². The number of hydrogen-bond acceptors (Lipinski definition) is 2. The summed E-state index contributed by atoms with van der Waals surface area (Å²) in [6.45, 7) is 4.69. The van der Waals surface area contributed by atoms with Crippen LogP contribution < -0.4 is 5.32 Å². The molecule has 2 rings (SSSR count). The zero-order chi connectivity index (χ0) is 16.8. The number of likely N-dealkylation sites (tertiary alicyclic amines) is 1. The third-order valence-corrected chi connectivity index (χ3v) is 4.62. The zero-order valence-electron chi connectivity index (χ0n) is 13.8. The fourth-order valence-electron chi connectivity index (χ4n) is 3.10. The molecular weight excluding hydrogens is 312 g/mol. The van der Waals surface area contributed by atoms with E-state index >= 15 is 0 Å². The minimum Gasteiger partial charge on any atom is -0.339 e. The van der Waals surface area contributed by atoms with Crippen molar-refractivity contribution in [2.75, 3.05) is 11.9 Å². The Bertz CT molecular complexity index is 562. The average molecular weight is 337 g/mol. The van der Waals surface area contributed by atoms with E-state index in [9.17, 15) is 9.59 Å².